The van der Waals surface area contributed by atoms with E-state index in [1.165, 1.54) is 11.1 Å². The monoisotopic (exact) mass is 332 g/mol. The SMILES string of the molecule is Cc1ccncc1C(C)NC1CC(=O)N(CCN2CCOCC2)C1. The fourth-order valence-corrected chi connectivity index (χ4v) is 3.56. The molecule has 132 valence electrons. The smallest absolute Gasteiger partial charge is 0.224 e. The molecule has 2 fully saturated rings. The molecule has 0 aliphatic carbocycles. The maximum absolute atomic E-state index is 12.3. The van der Waals surface area contributed by atoms with Crippen LogP contribution in [0.25, 0.3) is 0 Å². The minimum absolute atomic E-state index is 0.204. The van der Waals surface area contributed by atoms with Crippen molar-refractivity contribution >= 4 is 5.91 Å². The van der Waals surface area contributed by atoms with E-state index >= 15 is 0 Å². The van der Waals surface area contributed by atoms with Crippen LogP contribution < -0.4 is 5.32 Å². The van der Waals surface area contributed by atoms with Crippen molar-refractivity contribution in [3.8, 4) is 0 Å². The number of rotatable bonds is 6. The number of morpholine rings is 1. The second-order valence-electron chi connectivity index (χ2n) is 6.82. The molecule has 6 heteroatoms. The van der Waals surface area contributed by atoms with Crippen LogP contribution in [0.15, 0.2) is 18.5 Å². The molecule has 0 aromatic carbocycles. The molecule has 0 radical (unpaired) electrons. The lowest BCUT2D eigenvalue weighted by Gasteiger charge is -2.28. The molecule has 2 atom stereocenters. The number of likely N-dealkylation sites (tertiary alicyclic amines) is 1. The summed E-state index contributed by atoms with van der Waals surface area (Å²) in [6.07, 6.45) is 4.32. The topological polar surface area (TPSA) is 57.7 Å². The zero-order valence-corrected chi connectivity index (χ0v) is 14.7. The Bertz CT molecular complexity index is 560. The van der Waals surface area contributed by atoms with E-state index < -0.39 is 0 Å². The summed E-state index contributed by atoms with van der Waals surface area (Å²) in [4.78, 5) is 20.9. The van der Waals surface area contributed by atoms with E-state index in [2.05, 4.69) is 29.0 Å². The third kappa shape index (κ3) is 4.32. The first-order valence-electron chi connectivity index (χ1n) is 8.88. The summed E-state index contributed by atoms with van der Waals surface area (Å²) in [6.45, 7) is 10.4. The number of carbonyl (C=O) groups is 1. The predicted molar refractivity (Wildman–Crippen MR) is 92.8 cm³/mol. The average Bonchev–Trinajstić information content (AvgIpc) is 2.93. The highest BCUT2D eigenvalue weighted by Gasteiger charge is 2.30. The molecule has 2 saturated heterocycles. The molecule has 1 aromatic heterocycles. The van der Waals surface area contributed by atoms with Crippen molar-refractivity contribution in [2.24, 2.45) is 0 Å². The fraction of sp³-hybridized carbons (Fsp3) is 0.667. The van der Waals surface area contributed by atoms with Crippen LogP contribution in [-0.2, 0) is 9.53 Å². The van der Waals surface area contributed by atoms with Gasteiger partial charge in [0.25, 0.3) is 0 Å². The number of aromatic nitrogens is 1. The number of amides is 1. The standard InChI is InChI=1S/C18H28N4O2/c1-14-3-4-19-12-17(14)15(2)20-16-11-18(23)22(13-16)6-5-21-7-9-24-10-8-21/h3-4,12,15-16,20H,5-11,13H2,1-2H3. The molecule has 3 rings (SSSR count). The van der Waals surface area contributed by atoms with Crippen LogP contribution in [0.2, 0.25) is 0 Å². The summed E-state index contributed by atoms with van der Waals surface area (Å²) in [5.41, 5.74) is 2.44. The van der Waals surface area contributed by atoms with E-state index in [9.17, 15) is 4.79 Å². The fourth-order valence-electron chi connectivity index (χ4n) is 3.56. The lowest BCUT2D eigenvalue weighted by atomic mass is 10.0. The van der Waals surface area contributed by atoms with Gasteiger partial charge in [-0.2, -0.15) is 0 Å². The van der Waals surface area contributed by atoms with Gasteiger partial charge in [-0.15, -0.1) is 0 Å². The van der Waals surface area contributed by atoms with Crippen LogP contribution >= 0.6 is 0 Å². The third-order valence-electron chi connectivity index (χ3n) is 5.04. The third-order valence-corrected chi connectivity index (χ3v) is 5.04. The molecular weight excluding hydrogens is 304 g/mol. The van der Waals surface area contributed by atoms with E-state index in [4.69, 9.17) is 4.74 Å². The van der Waals surface area contributed by atoms with Gasteiger partial charge in [0.1, 0.15) is 0 Å². The molecule has 2 aliphatic heterocycles. The molecule has 3 heterocycles. The molecule has 0 saturated carbocycles. The quantitative estimate of drug-likeness (QED) is 0.841. The number of aryl methyl sites for hydroxylation is 1. The van der Waals surface area contributed by atoms with Gasteiger partial charge in [0.2, 0.25) is 5.91 Å². The molecule has 2 aliphatic rings. The zero-order chi connectivity index (χ0) is 16.9. The first-order valence-corrected chi connectivity index (χ1v) is 8.88. The maximum atomic E-state index is 12.3. The Morgan fingerprint density at radius 2 is 2.17 bits per heavy atom. The van der Waals surface area contributed by atoms with Crippen molar-refractivity contribution in [3.05, 3.63) is 29.6 Å². The summed E-state index contributed by atoms with van der Waals surface area (Å²) in [5.74, 6) is 0.260. The lowest BCUT2D eigenvalue weighted by Crippen LogP contribution is -2.42. The summed E-state index contributed by atoms with van der Waals surface area (Å²) >= 11 is 0. The molecule has 1 N–H and O–H groups in total. The Morgan fingerprint density at radius 1 is 1.38 bits per heavy atom. The molecular formula is C18H28N4O2. The van der Waals surface area contributed by atoms with E-state index in [0.29, 0.717) is 6.42 Å². The Balaban J connectivity index is 1.48. The molecule has 24 heavy (non-hydrogen) atoms. The van der Waals surface area contributed by atoms with Crippen molar-refractivity contribution in [2.45, 2.75) is 32.4 Å². The lowest BCUT2D eigenvalue weighted by molar-refractivity contribution is -0.128. The Labute approximate surface area is 144 Å². The van der Waals surface area contributed by atoms with Crippen LogP contribution in [-0.4, -0.2) is 72.7 Å². The van der Waals surface area contributed by atoms with Crippen LogP contribution in [0, 0.1) is 6.92 Å². The highest BCUT2D eigenvalue weighted by molar-refractivity contribution is 5.79. The Kier molecular flexibility index (Phi) is 5.81. The van der Waals surface area contributed by atoms with E-state index in [0.717, 1.165) is 45.9 Å². The zero-order valence-electron chi connectivity index (χ0n) is 14.7. The molecule has 1 amide bonds. The van der Waals surface area contributed by atoms with Gasteiger partial charge in [-0.3, -0.25) is 14.7 Å². The number of nitrogens with one attached hydrogen (secondary N) is 1. The molecule has 0 spiro atoms. The number of carbonyl (C=O) groups excluding carboxylic acids is 1. The molecule has 2 unspecified atom stereocenters. The van der Waals surface area contributed by atoms with E-state index in [1.807, 2.05) is 23.4 Å². The van der Waals surface area contributed by atoms with Crippen molar-refractivity contribution < 1.29 is 9.53 Å². The van der Waals surface area contributed by atoms with Gasteiger partial charge in [-0.05, 0) is 31.0 Å². The summed E-state index contributed by atoms with van der Waals surface area (Å²) in [6, 6.07) is 2.45. The van der Waals surface area contributed by atoms with Crippen LogP contribution in [0.4, 0.5) is 0 Å². The minimum atomic E-state index is 0.204. The average molecular weight is 332 g/mol. The van der Waals surface area contributed by atoms with E-state index in [1.54, 1.807) is 0 Å². The number of hydrogen-bond donors (Lipinski definition) is 1. The first-order chi connectivity index (χ1) is 11.6. The minimum Gasteiger partial charge on any atom is -0.379 e. The highest BCUT2D eigenvalue weighted by atomic mass is 16.5. The second-order valence-corrected chi connectivity index (χ2v) is 6.82. The number of hydrogen-bond acceptors (Lipinski definition) is 5. The van der Waals surface area contributed by atoms with Gasteiger partial charge in [-0.1, -0.05) is 0 Å². The normalized spacial score (nSPS) is 23.7. The molecule has 6 nitrogen and oxygen atoms in total. The number of ether oxygens (including phenoxy) is 1. The van der Waals surface area contributed by atoms with Crippen LogP contribution in [0.5, 0.6) is 0 Å². The Morgan fingerprint density at radius 3 is 2.92 bits per heavy atom. The molecule has 1 aromatic rings. The van der Waals surface area contributed by atoms with Crippen molar-refractivity contribution in [3.63, 3.8) is 0 Å². The van der Waals surface area contributed by atoms with Gasteiger partial charge in [0.05, 0.1) is 13.2 Å². The van der Waals surface area contributed by atoms with Crippen LogP contribution in [0.3, 0.4) is 0 Å². The first kappa shape index (κ1) is 17.3. The second kappa shape index (κ2) is 8.05. The van der Waals surface area contributed by atoms with Crippen molar-refractivity contribution in [1.29, 1.82) is 0 Å². The van der Waals surface area contributed by atoms with Gasteiger partial charge in [0.15, 0.2) is 0 Å². The van der Waals surface area contributed by atoms with Gasteiger partial charge < -0.3 is 15.0 Å². The summed E-state index contributed by atoms with van der Waals surface area (Å²) < 4.78 is 5.37. The summed E-state index contributed by atoms with van der Waals surface area (Å²) in [7, 11) is 0. The molecule has 0 bridgehead atoms. The maximum Gasteiger partial charge on any atom is 0.224 e. The highest BCUT2D eigenvalue weighted by Crippen LogP contribution is 2.19. The largest absolute Gasteiger partial charge is 0.379 e. The van der Waals surface area contributed by atoms with Crippen molar-refractivity contribution in [1.82, 2.24) is 20.1 Å². The van der Waals surface area contributed by atoms with Crippen molar-refractivity contribution in [2.75, 3.05) is 45.9 Å². The summed E-state index contributed by atoms with van der Waals surface area (Å²) in [5, 5.41) is 3.60. The van der Waals surface area contributed by atoms with Gasteiger partial charge >= 0.3 is 0 Å². The number of nitrogens with zero attached hydrogens (tertiary/aromatic N) is 3. The number of pyridine rings is 1. The van der Waals surface area contributed by atoms with E-state index in [-0.39, 0.29) is 18.0 Å². The Hall–Kier alpha value is -1.50. The van der Waals surface area contributed by atoms with Gasteiger partial charge in [0, 0.05) is 63.6 Å². The predicted octanol–water partition coefficient (Wildman–Crippen LogP) is 0.974. The van der Waals surface area contributed by atoms with Crippen LogP contribution in [0.1, 0.15) is 30.5 Å². The van der Waals surface area contributed by atoms with Gasteiger partial charge in [-0.25, -0.2) is 0 Å².